The van der Waals surface area contributed by atoms with Crippen LogP contribution in [0.15, 0.2) is 48.5 Å². The van der Waals surface area contributed by atoms with E-state index in [1.807, 2.05) is 24.3 Å². The molecule has 0 saturated carbocycles. The number of rotatable bonds is 3. The van der Waals surface area contributed by atoms with E-state index in [2.05, 4.69) is 39.0 Å². The number of anilines is 4. The van der Waals surface area contributed by atoms with E-state index in [-0.39, 0.29) is 0 Å². The molecule has 0 radical (unpaired) electrons. The van der Waals surface area contributed by atoms with E-state index in [4.69, 9.17) is 4.74 Å². The molecular formula is C24H30N4O3. The highest BCUT2D eigenvalue weighted by molar-refractivity contribution is 5.94. The molecule has 3 aliphatic rings. The molecule has 0 aliphatic carbocycles. The molecule has 0 unspecified atom stereocenters. The average Bonchev–Trinajstić information content (AvgIpc) is 2.84. The van der Waals surface area contributed by atoms with Gasteiger partial charge in [-0.2, -0.15) is 0 Å². The summed E-state index contributed by atoms with van der Waals surface area (Å²) in [6.07, 6.45) is 1.42. The quantitative estimate of drug-likeness (QED) is 0.815. The van der Waals surface area contributed by atoms with Crippen molar-refractivity contribution in [3.8, 4) is 0 Å². The predicted molar refractivity (Wildman–Crippen MR) is 123 cm³/mol. The summed E-state index contributed by atoms with van der Waals surface area (Å²) in [6, 6.07) is 17.1. The van der Waals surface area contributed by atoms with Gasteiger partial charge in [0.1, 0.15) is 0 Å². The second-order valence-electron chi connectivity index (χ2n) is 8.46. The summed E-state index contributed by atoms with van der Waals surface area (Å²) in [5, 5.41) is 9.52. The van der Waals surface area contributed by atoms with Gasteiger partial charge in [-0.15, -0.1) is 0 Å². The van der Waals surface area contributed by atoms with Gasteiger partial charge in [0, 0.05) is 69.9 Å². The molecule has 0 atom stereocenters. The Morgan fingerprint density at radius 3 is 2.13 bits per heavy atom. The number of piperazine rings is 1. The number of fused-ring (bicyclic) bond motifs is 1. The largest absolute Gasteiger partial charge is 0.465 e. The number of hydrogen-bond donors (Lipinski definition) is 1. The molecule has 7 nitrogen and oxygen atoms in total. The first-order valence-corrected chi connectivity index (χ1v) is 11.2. The summed E-state index contributed by atoms with van der Waals surface area (Å²) in [4.78, 5) is 20.3. The summed E-state index contributed by atoms with van der Waals surface area (Å²) in [5.41, 5.74) is 4.04. The average molecular weight is 423 g/mol. The van der Waals surface area contributed by atoms with Crippen LogP contribution in [-0.4, -0.2) is 74.6 Å². The van der Waals surface area contributed by atoms with Crippen LogP contribution in [0.5, 0.6) is 0 Å². The lowest BCUT2D eigenvalue weighted by Crippen LogP contribution is -2.51. The van der Waals surface area contributed by atoms with Gasteiger partial charge in [0.2, 0.25) is 0 Å². The minimum atomic E-state index is -0.901. The monoisotopic (exact) mass is 422 g/mol. The lowest BCUT2D eigenvalue weighted by Gasteiger charge is -2.41. The van der Waals surface area contributed by atoms with Gasteiger partial charge in [0.05, 0.1) is 11.4 Å². The van der Waals surface area contributed by atoms with Crippen molar-refractivity contribution in [3.05, 3.63) is 48.5 Å². The van der Waals surface area contributed by atoms with Crippen molar-refractivity contribution >= 4 is 28.8 Å². The van der Waals surface area contributed by atoms with Gasteiger partial charge in [-0.05, 0) is 49.2 Å². The first kappa shape index (κ1) is 20.2. The first-order chi connectivity index (χ1) is 15.2. The summed E-state index contributed by atoms with van der Waals surface area (Å²) in [7, 11) is 0. The Morgan fingerprint density at radius 1 is 0.806 bits per heavy atom. The number of carbonyl (C=O) groups is 1. The zero-order valence-electron chi connectivity index (χ0n) is 17.8. The number of para-hydroxylation sites is 2. The topological polar surface area (TPSA) is 59.5 Å². The SMILES string of the molecule is O=C(O)N1CCN(c2ccc(N3CCN(C4CCOCC4)CC3)cc2)c2ccccc21. The lowest BCUT2D eigenvalue weighted by molar-refractivity contribution is 0.0321. The van der Waals surface area contributed by atoms with E-state index in [1.165, 1.54) is 10.6 Å². The van der Waals surface area contributed by atoms with Crippen LogP contribution < -0.4 is 14.7 Å². The summed E-state index contributed by atoms with van der Waals surface area (Å²) >= 11 is 0. The minimum absolute atomic E-state index is 0.461. The molecule has 2 aromatic carbocycles. The van der Waals surface area contributed by atoms with Gasteiger partial charge >= 0.3 is 6.09 Å². The maximum absolute atomic E-state index is 11.6. The minimum Gasteiger partial charge on any atom is -0.465 e. The maximum Gasteiger partial charge on any atom is 0.411 e. The van der Waals surface area contributed by atoms with Crippen LogP contribution in [0.2, 0.25) is 0 Å². The fraction of sp³-hybridized carbons (Fsp3) is 0.458. The smallest absolute Gasteiger partial charge is 0.411 e. The molecule has 3 aliphatic heterocycles. The second-order valence-corrected chi connectivity index (χ2v) is 8.46. The predicted octanol–water partition coefficient (Wildman–Crippen LogP) is 3.62. The zero-order chi connectivity index (χ0) is 21.2. The van der Waals surface area contributed by atoms with Gasteiger partial charge < -0.3 is 19.6 Å². The van der Waals surface area contributed by atoms with Crippen molar-refractivity contribution in [1.82, 2.24) is 4.90 Å². The van der Waals surface area contributed by atoms with Gasteiger partial charge in [0.25, 0.3) is 0 Å². The van der Waals surface area contributed by atoms with Crippen LogP contribution in [0, 0.1) is 0 Å². The molecule has 0 spiro atoms. The molecule has 1 amide bonds. The fourth-order valence-electron chi connectivity index (χ4n) is 5.07. The maximum atomic E-state index is 11.6. The molecule has 164 valence electrons. The molecule has 1 N–H and O–H groups in total. The van der Waals surface area contributed by atoms with E-state index in [0.717, 1.165) is 69.3 Å². The highest BCUT2D eigenvalue weighted by Crippen LogP contribution is 2.38. The van der Waals surface area contributed by atoms with Crippen molar-refractivity contribution in [3.63, 3.8) is 0 Å². The third-order valence-corrected chi connectivity index (χ3v) is 6.79. The van der Waals surface area contributed by atoms with Crippen LogP contribution in [0.4, 0.5) is 27.5 Å². The molecule has 5 rings (SSSR count). The van der Waals surface area contributed by atoms with Gasteiger partial charge in [0.15, 0.2) is 0 Å². The number of nitrogens with zero attached hydrogens (tertiary/aromatic N) is 4. The van der Waals surface area contributed by atoms with Gasteiger partial charge in [-0.25, -0.2) is 4.79 Å². The first-order valence-electron chi connectivity index (χ1n) is 11.2. The van der Waals surface area contributed by atoms with Gasteiger partial charge in [-0.3, -0.25) is 9.80 Å². The molecule has 7 heteroatoms. The highest BCUT2D eigenvalue weighted by Gasteiger charge is 2.28. The van der Waals surface area contributed by atoms with Crippen molar-refractivity contribution in [1.29, 1.82) is 0 Å². The van der Waals surface area contributed by atoms with Crippen LogP contribution in [-0.2, 0) is 4.74 Å². The number of benzene rings is 2. The van der Waals surface area contributed by atoms with Crippen molar-refractivity contribution < 1.29 is 14.6 Å². The Balaban J connectivity index is 1.26. The fourth-order valence-corrected chi connectivity index (χ4v) is 5.07. The van der Waals surface area contributed by atoms with Crippen LogP contribution >= 0.6 is 0 Å². The normalized spacial score (nSPS) is 20.6. The van der Waals surface area contributed by atoms with E-state index < -0.39 is 6.09 Å². The summed E-state index contributed by atoms with van der Waals surface area (Å²) in [5.74, 6) is 0. The Bertz CT molecular complexity index is 905. The Morgan fingerprint density at radius 2 is 1.45 bits per heavy atom. The molecule has 0 aromatic heterocycles. The van der Waals surface area contributed by atoms with Gasteiger partial charge in [-0.1, -0.05) is 12.1 Å². The Kier molecular flexibility index (Phi) is 5.70. The molecule has 3 heterocycles. The molecule has 2 saturated heterocycles. The number of hydrogen-bond acceptors (Lipinski definition) is 5. The summed E-state index contributed by atoms with van der Waals surface area (Å²) < 4.78 is 5.51. The second kappa shape index (κ2) is 8.77. The van der Waals surface area contributed by atoms with Crippen molar-refractivity contribution in [2.45, 2.75) is 18.9 Å². The van der Waals surface area contributed by atoms with E-state index >= 15 is 0 Å². The molecule has 2 fully saturated rings. The van der Waals surface area contributed by atoms with Crippen molar-refractivity contribution in [2.24, 2.45) is 0 Å². The molecule has 0 bridgehead atoms. The number of ether oxygens (including phenoxy) is 1. The lowest BCUT2D eigenvalue weighted by atomic mass is 10.1. The Hall–Kier alpha value is -2.77. The standard InChI is InChI=1S/C24H30N4O3/c29-24(30)28-16-15-27(22-3-1-2-4-23(22)28)21-7-5-19(6-8-21)25-11-13-26(14-12-25)20-9-17-31-18-10-20/h1-8,20H,9-18H2,(H,29,30). The zero-order valence-corrected chi connectivity index (χ0v) is 17.8. The third-order valence-electron chi connectivity index (χ3n) is 6.79. The highest BCUT2D eigenvalue weighted by atomic mass is 16.5. The van der Waals surface area contributed by atoms with Crippen LogP contribution in [0.25, 0.3) is 0 Å². The molecule has 31 heavy (non-hydrogen) atoms. The summed E-state index contributed by atoms with van der Waals surface area (Å²) in [6.45, 7) is 7.22. The Labute approximate surface area is 183 Å². The van der Waals surface area contributed by atoms with Crippen LogP contribution in [0.3, 0.4) is 0 Å². The number of carboxylic acid groups (broad SMARTS) is 1. The number of amides is 1. The third kappa shape index (κ3) is 4.07. The molecular weight excluding hydrogens is 392 g/mol. The van der Waals surface area contributed by atoms with Crippen LogP contribution in [0.1, 0.15) is 12.8 Å². The van der Waals surface area contributed by atoms with E-state index in [0.29, 0.717) is 19.1 Å². The van der Waals surface area contributed by atoms with Crippen molar-refractivity contribution in [2.75, 3.05) is 67.2 Å². The molecule has 2 aromatic rings. The van der Waals surface area contributed by atoms with E-state index in [1.54, 1.807) is 0 Å². The van der Waals surface area contributed by atoms with E-state index in [9.17, 15) is 9.90 Å².